The molecule has 0 unspecified atom stereocenters. The molecule has 0 aliphatic carbocycles. The van der Waals surface area contributed by atoms with Crippen molar-refractivity contribution in [1.29, 1.82) is 0 Å². The van der Waals surface area contributed by atoms with Crippen molar-refractivity contribution in [1.82, 2.24) is 19.7 Å². The molecule has 0 fully saturated rings. The van der Waals surface area contributed by atoms with Crippen LogP contribution in [-0.4, -0.2) is 32.3 Å². The summed E-state index contributed by atoms with van der Waals surface area (Å²) in [7, 11) is 0. The third-order valence-corrected chi connectivity index (χ3v) is 4.79. The van der Waals surface area contributed by atoms with Crippen LogP contribution in [-0.2, 0) is 4.74 Å². The monoisotopic (exact) mass is 457 g/mol. The van der Waals surface area contributed by atoms with Crippen molar-refractivity contribution in [3.8, 4) is 17.4 Å². The number of hydrogen-bond acceptors (Lipinski definition) is 7. The first-order valence-electron chi connectivity index (χ1n) is 9.30. The van der Waals surface area contributed by atoms with Crippen molar-refractivity contribution in [2.45, 2.75) is 13.8 Å². The average molecular weight is 458 g/mol. The minimum absolute atomic E-state index is 0.000263. The summed E-state index contributed by atoms with van der Waals surface area (Å²) in [4.78, 5) is 20.7. The number of esters is 1. The van der Waals surface area contributed by atoms with E-state index in [9.17, 15) is 4.79 Å². The first kappa shape index (κ1) is 20.9. The number of hydrogen-bond donors (Lipinski definition) is 1. The predicted octanol–water partition coefficient (Wildman–Crippen LogP) is 4.98. The first-order chi connectivity index (χ1) is 14.9. The lowest BCUT2D eigenvalue weighted by atomic mass is 10.2. The Morgan fingerprint density at radius 1 is 1.13 bits per heavy atom. The SMILES string of the molecule is CCOC(=O)c1cccc(Oc2nc(N)c3c(C)nn(-c4cc(Cl)cc(Cl)c4)c3n2)c1. The minimum atomic E-state index is -0.449. The lowest BCUT2D eigenvalue weighted by Crippen LogP contribution is -2.05. The molecule has 2 N–H and O–H groups in total. The summed E-state index contributed by atoms with van der Waals surface area (Å²) in [6.45, 7) is 3.81. The van der Waals surface area contributed by atoms with Gasteiger partial charge in [-0.15, -0.1) is 0 Å². The quantitative estimate of drug-likeness (QED) is 0.421. The smallest absolute Gasteiger partial charge is 0.338 e. The maximum atomic E-state index is 12.0. The summed E-state index contributed by atoms with van der Waals surface area (Å²) in [6.07, 6.45) is 0. The van der Waals surface area contributed by atoms with Crippen LogP contribution < -0.4 is 10.5 Å². The van der Waals surface area contributed by atoms with Crippen molar-refractivity contribution >= 4 is 46.0 Å². The van der Waals surface area contributed by atoms with Gasteiger partial charge in [0.05, 0.1) is 28.9 Å². The number of fused-ring (bicyclic) bond motifs is 1. The van der Waals surface area contributed by atoms with Crippen LogP contribution in [0.25, 0.3) is 16.7 Å². The van der Waals surface area contributed by atoms with Crippen LogP contribution in [0.1, 0.15) is 23.0 Å². The number of benzene rings is 2. The number of carbonyl (C=O) groups excluding carboxylic acids is 1. The summed E-state index contributed by atoms with van der Waals surface area (Å²) in [5, 5.41) is 6.01. The number of anilines is 1. The van der Waals surface area contributed by atoms with Gasteiger partial charge in [0.2, 0.25) is 0 Å². The van der Waals surface area contributed by atoms with E-state index in [0.717, 1.165) is 0 Å². The number of carbonyl (C=O) groups is 1. The zero-order valence-corrected chi connectivity index (χ0v) is 18.1. The summed E-state index contributed by atoms with van der Waals surface area (Å²) < 4.78 is 12.4. The molecule has 0 aliphatic rings. The molecule has 0 amide bonds. The van der Waals surface area contributed by atoms with Gasteiger partial charge in [0, 0.05) is 10.0 Å². The molecule has 0 bridgehead atoms. The number of nitrogens with two attached hydrogens (primary N) is 1. The van der Waals surface area contributed by atoms with Gasteiger partial charge in [-0.3, -0.25) is 0 Å². The fourth-order valence-corrected chi connectivity index (χ4v) is 3.60. The first-order valence-corrected chi connectivity index (χ1v) is 10.1. The summed E-state index contributed by atoms with van der Waals surface area (Å²) in [5.74, 6) is 0.117. The summed E-state index contributed by atoms with van der Waals surface area (Å²) >= 11 is 12.3. The maximum Gasteiger partial charge on any atom is 0.338 e. The Bertz CT molecular complexity index is 1290. The second-order valence-electron chi connectivity index (χ2n) is 6.57. The van der Waals surface area contributed by atoms with Crippen molar-refractivity contribution in [3.05, 3.63) is 63.8 Å². The molecular formula is C21H17Cl2N5O3. The topological polar surface area (TPSA) is 105 Å². The molecule has 10 heteroatoms. The molecule has 0 radical (unpaired) electrons. The predicted molar refractivity (Wildman–Crippen MR) is 118 cm³/mol. The Kier molecular flexibility index (Phi) is 5.67. The number of aromatic nitrogens is 4. The molecule has 31 heavy (non-hydrogen) atoms. The highest BCUT2D eigenvalue weighted by Crippen LogP contribution is 2.30. The molecule has 2 aromatic carbocycles. The molecule has 158 valence electrons. The van der Waals surface area contributed by atoms with Crippen LogP contribution >= 0.6 is 23.2 Å². The summed E-state index contributed by atoms with van der Waals surface area (Å²) in [6, 6.07) is 11.6. The number of nitrogen functional groups attached to an aromatic ring is 1. The average Bonchev–Trinajstić information content (AvgIpc) is 3.04. The second kappa shape index (κ2) is 8.41. The Hall–Kier alpha value is -3.36. The number of halogens is 2. The molecular weight excluding hydrogens is 441 g/mol. The zero-order valence-electron chi connectivity index (χ0n) is 16.6. The van der Waals surface area contributed by atoms with E-state index in [1.165, 1.54) is 0 Å². The third-order valence-electron chi connectivity index (χ3n) is 4.36. The van der Waals surface area contributed by atoms with Crippen LogP contribution in [0.15, 0.2) is 42.5 Å². The van der Waals surface area contributed by atoms with Crippen LogP contribution in [0.3, 0.4) is 0 Å². The minimum Gasteiger partial charge on any atom is -0.462 e. The van der Waals surface area contributed by atoms with Gasteiger partial charge in [-0.05, 0) is 50.2 Å². The van der Waals surface area contributed by atoms with Gasteiger partial charge in [0.1, 0.15) is 11.6 Å². The van der Waals surface area contributed by atoms with Gasteiger partial charge in [-0.1, -0.05) is 29.3 Å². The highest BCUT2D eigenvalue weighted by atomic mass is 35.5. The van der Waals surface area contributed by atoms with E-state index in [0.29, 0.717) is 43.8 Å². The van der Waals surface area contributed by atoms with Crippen molar-refractivity contribution in [3.63, 3.8) is 0 Å². The van der Waals surface area contributed by atoms with Crippen molar-refractivity contribution in [2.24, 2.45) is 0 Å². The van der Waals surface area contributed by atoms with E-state index in [2.05, 4.69) is 15.1 Å². The number of nitrogens with zero attached hydrogens (tertiary/aromatic N) is 4. The molecule has 0 saturated heterocycles. The Labute approximate surface area is 187 Å². The van der Waals surface area contributed by atoms with E-state index in [-0.39, 0.29) is 18.4 Å². The van der Waals surface area contributed by atoms with E-state index < -0.39 is 5.97 Å². The highest BCUT2D eigenvalue weighted by molar-refractivity contribution is 6.34. The number of rotatable bonds is 5. The highest BCUT2D eigenvalue weighted by Gasteiger charge is 2.18. The molecule has 2 aromatic heterocycles. The van der Waals surface area contributed by atoms with E-state index in [4.69, 9.17) is 38.4 Å². The Morgan fingerprint density at radius 3 is 2.58 bits per heavy atom. The Balaban J connectivity index is 1.77. The molecule has 2 heterocycles. The van der Waals surface area contributed by atoms with Gasteiger partial charge in [-0.25, -0.2) is 9.48 Å². The lowest BCUT2D eigenvalue weighted by molar-refractivity contribution is 0.0526. The van der Waals surface area contributed by atoms with E-state index >= 15 is 0 Å². The van der Waals surface area contributed by atoms with Crippen molar-refractivity contribution in [2.75, 3.05) is 12.3 Å². The van der Waals surface area contributed by atoms with Gasteiger partial charge in [0.15, 0.2) is 5.65 Å². The van der Waals surface area contributed by atoms with Crippen LogP contribution in [0, 0.1) is 6.92 Å². The van der Waals surface area contributed by atoms with Gasteiger partial charge in [-0.2, -0.15) is 15.1 Å². The van der Waals surface area contributed by atoms with Crippen LogP contribution in [0.4, 0.5) is 5.82 Å². The molecule has 0 spiro atoms. The normalized spacial score (nSPS) is 11.0. The standard InChI is InChI=1S/C21H17Cl2N5O3/c1-3-30-20(29)12-5-4-6-16(7-12)31-21-25-18(24)17-11(2)27-28(19(17)26-21)15-9-13(22)8-14(23)10-15/h4-10H,3H2,1-2H3,(H2,24,25,26). The molecule has 0 saturated carbocycles. The fraction of sp³-hybridized carbons (Fsp3) is 0.143. The van der Waals surface area contributed by atoms with Gasteiger partial charge < -0.3 is 15.2 Å². The molecule has 4 rings (SSSR count). The fourth-order valence-electron chi connectivity index (χ4n) is 3.09. The zero-order chi connectivity index (χ0) is 22.1. The van der Waals surface area contributed by atoms with Crippen molar-refractivity contribution < 1.29 is 14.3 Å². The number of aryl methyl sites for hydroxylation is 1. The molecule has 0 aliphatic heterocycles. The van der Waals surface area contributed by atoms with Crippen LogP contribution in [0.5, 0.6) is 11.8 Å². The molecule has 0 atom stereocenters. The largest absolute Gasteiger partial charge is 0.462 e. The lowest BCUT2D eigenvalue weighted by Gasteiger charge is -2.08. The molecule has 4 aromatic rings. The molecule has 8 nitrogen and oxygen atoms in total. The van der Waals surface area contributed by atoms with Crippen LogP contribution in [0.2, 0.25) is 10.0 Å². The Morgan fingerprint density at radius 2 is 1.87 bits per heavy atom. The van der Waals surface area contributed by atoms with E-state index in [1.54, 1.807) is 61.0 Å². The third kappa shape index (κ3) is 4.26. The van der Waals surface area contributed by atoms with Gasteiger partial charge >= 0.3 is 12.0 Å². The summed E-state index contributed by atoms with van der Waals surface area (Å²) in [5.41, 5.74) is 8.20. The van der Waals surface area contributed by atoms with E-state index in [1.807, 2.05) is 0 Å². The van der Waals surface area contributed by atoms with Gasteiger partial charge in [0.25, 0.3) is 0 Å². The number of ether oxygens (including phenoxy) is 2. The maximum absolute atomic E-state index is 12.0. The second-order valence-corrected chi connectivity index (χ2v) is 7.44.